The van der Waals surface area contributed by atoms with Gasteiger partial charge in [-0.2, -0.15) is 0 Å². The first-order valence-electron chi connectivity index (χ1n) is 3.78. The van der Waals surface area contributed by atoms with Gasteiger partial charge in [-0.15, -0.1) is 0 Å². The molecule has 0 fully saturated rings. The van der Waals surface area contributed by atoms with Gasteiger partial charge in [0.1, 0.15) is 6.17 Å². The van der Waals surface area contributed by atoms with Gasteiger partial charge in [-0.25, -0.2) is 4.39 Å². The second kappa shape index (κ2) is 6.53. The van der Waals surface area contributed by atoms with Gasteiger partial charge in [0.2, 0.25) is 0 Å². The maximum atomic E-state index is 12.8. The van der Waals surface area contributed by atoms with Crippen molar-refractivity contribution in [2.24, 2.45) is 11.8 Å². The van der Waals surface area contributed by atoms with Crippen molar-refractivity contribution in [3.63, 3.8) is 0 Å². The normalized spacial score (nSPS) is 15.8. The first-order chi connectivity index (χ1) is 4.57. The Morgan fingerprint density at radius 1 is 1.18 bits per heavy atom. The predicted octanol–water partition coefficient (Wildman–Crippen LogP) is 2.15. The van der Waals surface area contributed by atoms with Crippen LogP contribution in [0.4, 0.5) is 8.78 Å². The van der Waals surface area contributed by atoms with Crippen molar-refractivity contribution in [2.75, 3.05) is 6.67 Å². The van der Waals surface area contributed by atoms with Gasteiger partial charge >= 0.3 is 0 Å². The summed E-state index contributed by atoms with van der Waals surface area (Å²) < 4.78 is 24.6. The molecule has 0 aliphatic carbocycles. The third kappa shape index (κ3) is 6.23. The standard InChI is InChI=1S/C8H16F2.H2O/c1-6(2)8(10)4-7(3)5-9;/h6-8H,4-5H2,1-3H3;1H2. The summed E-state index contributed by atoms with van der Waals surface area (Å²) in [5.74, 6) is -0.105. The minimum Gasteiger partial charge on any atom is -0.412 e. The molecule has 11 heavy (non-hydrogen) atoms. The Bertz CT molecular complexity index is 86.2. The molecule has 0 saturated carbocycles. The van der Waals surface area contributed by atoms with E-state index in [1.54, 1.807) is 6.92 Å². The SMILES string of the molecule is CC(CF)CC(F)C(C)C.O. The van der Waals surface area contributed by atoms with Gasteiger partial charge in [-0.05, 0) is 18.3 Å². The largest absolute Gasteiger partial charge is 0.412 e. The van der Waals surface area contributed by atoms with Gasteiger partial charge in [0, 0.05) is 0 Å². The second-order valence-corrected chi connectivity index (χ2v) is 3.26. The monoisotopic (exact) mass is 168 g/mol. The zero-order chi connectivity index (χ0) is 8.15. The molecule has 0 saturated heterocycles. The van der Waals surface area contributed by atoms with Crippen LogP contribution in [0.1, 0.15) is 27.2 Å². The fourth-order valence-corrected chi connectivity index (χ4v) is 0.720. The van der Waals surface area contributed by atoms with Gasteiger partial charge in [-0.3, -0.25) is 4.39 Å². The fraction of sp³-hybridized carbons (Fsp3) is 1.00. The summed E-state index contributed by atoms with van der Waals surface area (Å²) in [7, 11) is 0. The van der Waals surface area contributed by atoms with E-state index < -0.39 is 12.8 Å². The first-order valence-corrected chi connectivity index (χ1v) is 3.78. The van der Waals surface area contributed by atoms with Gasteiger partial charge in [0.15, 0.2) is 0 Å². The fourth-order valence-electron chi connectivity index (χ4n) is 0.720. The van der Waals surface area contributed by atoms with Crippen molar-refractivity contribution in [1.82, 2.24) is 0 Å². The van der Waals surface area contributed by atoms with Crippen molar-refractivity contribution in [3.8, 4) is 0 Å². The van der Waals surface area contributed by atoms with E-state index in [0.29, 0.717) is 6.42 Å². The van der Waals surface area contributed by atoms with Crippen molar-refractivity contribution in [2.45, 2.75) is 33.4 Å². The van der Waals surface area contributed by atoms with Crippen LogP contribution < -0.4 is 0 Å². The Balaban J connectivity index is 0. The Kier molecular flexibility index (Phi) is 7.96. The molecule has 0 rings (SSSR count). The van der Waals surface area contributed by atoms with Crippen LogP contribution >= 0.6 is 0 Å². The highest BCUT2D eigenvalue weighted by Crippen LogP contribution is 2.16. The van der Waals surface area contributed by atoms with E-state index in [4.69, 9.17) is 0 Å². The average molecular weight is 168 g/mol. The van der Waals surface area contributed by atoms with E-state index in [1.165, 1.54) is 0 Å². The highest BCUT2D eigenvalue weighted by molar-refractivity contribution is 4.64. The van der Waals surface area contributed by atoms with E-state index in [9.17, 15) is 8.78 Å². The van der Waals surface area contributed by atoms with Crippen LogP contribution in [-0.4, -0.2) is 18.3 Å². The number of alkyl halides is 2. The zero-order valence-electron chi connectivity index (χ0n) is 7.40. The van der Waals surface area contributed by atoms with Crippen LogP contribution in [0.2, 0.25) is 0 Å². The van der Waals surface area contributed by atoms with Gasteiger partial charge in [0.05, 0.1) is 6.67 Å². The number of hydrogen-bond acceptors (Lipinski definition) is 0. The van der Waals surface area contributed by atoms with E-state index in [0.717, 1.165) is 0 Å². The van der Waals surface area contributed by atoms with E-state index in [1.807, 2.05) is 13.8 Å². The lowest BCUT2D eigenvalue weighted by Crippen LogP contribution is -2.14. The molecule has 2 atom stereocenters. The van der Waals surface area contributed by atoms with E-state index in [-0.39, 0.29) is 17.3 Å². The summed E-state index contributed by atoms with van der Waals surface area (Å²) >= 11 is 0. The highest BCUT2D eigenvalue weighted by Gasteiger charge is 2.14. The average Bonchev–Trinajstić information content (AvgIpc) is 1.87. The van der Waals surface area contributed by atoms with Crippen LogP contribution in [0.25, 0.3) is 0 Å². The van der Waals surface area contributed by atoms with Crippen molar-refractivity contribution in [1.29, 1.82) is 0 Å². The molecule has 0 aromatic carbocycles. The predicted molar refractivity (Wildman–Crippen MR) is 43.1 cm³/mol. The maximum absolute atomic E-state index is 12.8. The molecule has 2 unspecified atom stereocenters. The third-order valence-corrected chi connectivity index (χ3v) is 1.61. The molecule has 0 aromatic rings. The molecule has 0 bridgehead atoms. The maximum Gasteiger partial charge on any atom is 0.103 e. The van der Waals surface area contributed by atoms with Crippen molar-refractivity contribution in [3.05, 3.63) is 0 Å². The summed E-state index contributed by atoms with van der Waals surface area (Å²) in [4.78, 5) is 0. The quantitative estimate of drug-likeness (QED) is 0.616. The summed E-state index contributed by atoms with van der Waals surface area (Å²) in [6.07, 6.45) is -0.487. The lowest BCUT2D eigenvalue weighted by Gasteiger charge is -2.14. The van der Waals surface area contributed by atoms with Gasteiger partial charge < -0.3 is 5.48 Å². The molecule has 0 aliphatic heterocycles. The lowest BCUT2D eigenvalue weighted by molar-refractivity contribution is 0.197. The highest BCUT2D eigenvalue weighted by atomic mass is 19.1. The topological polar surface area (TPSA) is 31.5 Å². The summed E-state index contributed by atoms with van der Waals surface area (Å²) in [5.41, 5.74) is 0. The van der Waals surface area contributed by atoms with Crippen LogP contribution in [0.15, 0.2) is 0 Å². The van der Waals surface area contributed by atoms with Crippen LogP contribution in [0.3, 0.4) is 0 Å². The summed E-state index contributed by atoms with van der Waals surface area (Å²) in [6, 6.07) is 0. The first kappa shape index (κ1) is 13.4. The molecule has 3 heteroatoms. The molecular weight excluding hydrogens is 150 g/mol. The zero-order valence-corrected chi connectivity index (χ0v) is 7.40. The smallest absolute Gasteiger partial charge is 0.103 e. The molecule has 0 aromatic heterocycles. The molecule has 0 spiro atoms. The summed E-state index contributed by atoms with van der Waals surface area (Å²) in [5, 5.41) is 0. The number of halogens is 2. The second-order valence-electron chi connectivity index (χ2n) is 3.26. The Morgan fingerprint density at radius 3 is 1.91 bits per heavy atom. The molecule has 0 heterocycles. The van der Waals surface area contributed by atoms with E-state index in [2.05, 4.69) is 0 Å². The van der Waals surface area contributed by atoms with Crippen molar-refractivity contribution >= 4 is 0 Å². The van der Waals surface area contributed by atoms with Crippen molar-refractivity contribution < 1.29 is 14.3 Å². The molecule has 0 amide bonds. The van der Waals surface area contributed by atoms with Crippen LogP contribution in [-0.2, 0) is 0 Å². The van der Waals surface area contributed by atoms with Gasteiger partial charge in [-0.1, -0.05) is 20.8 Å². The van der Waals surface area contributed by atoms with Gasteiger partial charge in [0.25, 0.3) is 0 Å². The number of hydrogen-bond donors (Lipinski definition) is 0. The minimum absolute atomic E-state index is 0. The van der Waals surface area contributed by atoms with E-state index >= 15 is 0 Å². The number of rotatable bonds is 4. The Morgan fingerprint density at radius 2 is 1.64 bits per heavy atom. The third-order valence-electron chi connectivity index (χ3n) is 1.61. The molecule has 1 nitrogen and oxygen atoms in total. The summed E-state index contributed by atoms with van der Waals surface area (Å²) in [6.45, 7) is 4.95. The minimum atomic E-state index is -0.842. The van der Waals surface area contributed by atoms with Crippen LogP contribution in [0.5, 0.6) is 0 Å². The Labute approximate surface area is 67.1 Å². The molecule has 2 N–H and O–H groups in total. The lowest BCUT2D eigenvalue weighted by atomic mass is 9.98. The molecular formula is C8H18F2O. The van der Waals surface area contributed by atoms with Crippen LogP contribution in [0, 0.1) is 11.8 Å². The molecule has 70 valence electrons. The molecule has 0 aliphatic rings. The molecule has 0 radical (unpaired) electrons. The Hall–Kier alpha value is -0.180.